The summed E-state index contributed by atoms with van der Waals surface area (Å²) in [4.78, 5) is 44.6. The molecule has 2 amide bonds. The zero-order valence-electron chi connectivity index (χ0n) is 23.0. The second-order valence-corrected chi connectivity index (χ2v) is 12.1. The van der Waals surface area contributed by atoms with Crippen LogP contribution in [0.4, 0.5) is 5.13 Å². The Hall–Kier alpha value is -4.44. The smallest absolute Gasteiger partial charge is 0.253 e. The number of aryl methyl sites for hydroxylation is 1. The highest BCUT2D eigenvalue weighted by atomic mass is 32.1. The van der Waals surface area contributed by atoms with Crippen LogP contribution < -0.4 is 10.1 Å². The highest BCUT2D eigenvalue weighted by molar-refractivity contribution is 7.15. The van der Waals surface area contributed by atoms with Crippen LogP contribution in [0.25, 0.3) is 11.3 Å². The number of pyridine rings is 1. The number of benzene rings is 2. The van der Waals surface area contributed by atoms with Gasteiger partial charge in [0.15, 0.2) is 0 Å². The number of nitrogens with zero attached hydrogens (tertiary/aromatic N) is 4. The Morgan fingerprint density at radius 2 is 1.71 bits per heavy atom. The number of piperidine rings is 1. The molecular weight excluding hydrogens is 538 g/mol. The maximum atomic E-state index is 13.6. The van der Waals surface area contributed by atoms with E-state index in [1.54, 1.807) is 17.0 Å². The van der Waals surface area contributed by atoms with Crippen LogP contribution in [0, 0.1) is 12.3 Å². The molecule has 10 heteroatoms. The zero-order chi connectivity index (χ0) is 28.7. The van der Waals surface area contributed by atoms with Crippen LogP contribution in [0.15, 0.2) is 60.7 Å². The van der Waals surface area contributed by atoms with Gasteiger partial charge in [-0.1, -0.05) is 61.6 Å². The molecule has 208 valence electrons. The third kappa shape index (κ3) is 5.11. The number of hydrogen-bond acceptors (Lipinski definition) is 8. The molecule has 9 nitrogen and oxygen atoms in total. The van der Waals surface area contributed by atoms with Crippen LogP contribution in [-0.2, 0) is 9.59 Å². The number of nitrogens with one attached hydrogen (secondary N) is 1. The highest BCUT2D eigenvalue weighted by Gasteiger charge is 2.44. The number of fused-ring (bicyclic) bond motifs is 2. The molecule has 0 spiro atoms. The molecule has 41 heavy (non-hydrogen) atoms. The molecule has 2 aromatic heterocycles. The van der Waals surface area contributed by atoms with Crippen molar-refractivity contribution in [2.45, 2.75) is 39.5 Å². The van der Waals surface area contributed by atoms with E-state index in [1.807, 2.05) is 69.3 Å². The van der Waals surface area contributed by atoms with Crippen LogP contribution in [-0.4, -0.2) is 50.8 Å². The summed E-state index contributed by atoms with van der Waals surface area (Å²) >= 11 is 1.33. The predicted octanol–water partition coefficient (Wildman–Crippen LogP) is 5.62. The Labute approximate surface area is 241 Å². The van der Waals surface area contributed by atoms with Gasteiger partial charge in [0.05, 0.1) is 11.1 Å². The van der Waals surface area contributed by atoms with Crippen LogP contribution in [0.1, 0.15) is 59.1 Å². The van der Waals surface area contributed by atoms with Crippen molar-refractivity contribution in [3.63, 3.8) is 0 Å². The van der Waals surface area contributed by atoms with Crippen LogP contribution >= 0.6 is 11.3 Å². The number of amides is 2. The van der Waals surface area contributed by atoms with E-state index in [2.05, 4.69) is 15.5 Å². The number of ether oxygens (including phenoxy) is 1. The summed E-state index contributed by atoms with van der Waals surface area (Å²) in [6.07, 6.45) is 0.820. The average Bonchev–Trinajstić information content (AvgIpc) is 3.39. The van der Waals surface area contributed by atoms with E-state index in [0.717, 1.165) is 21.7 Å². The van der Waals surface area contributed by atoms with Crippen molar-refractivity contribution in [3.8, 4) is 22.9 Å². The first-order chi connectivity index (χ1) is 19.7. The van der Waals surface area contributed by atoms with Gasteiger partial charge in [-0.25, -0.2) is 4.98 Å². The van der Waals surface area contributed by atoms with Gasteiger partial charge in [0, 0.05) is 54.1 Å². The van der Waals surface area contributed by atoms with E-state index in [9.17, 15) is 14.4 Å². The second-order valence-electron chi connectivity index (χ2n) is 10.9. The lowest BCUT2D eigenvalue weighted by atomic mass is 9.69. The van der Waals surface area contributed by atoms with Crippen molar-refractivity contribution < 1.29 is 19.1 Å². The number of rotatable bonds is 5. The molecule has 0 saturated carbocycles. The maximum Gasteiger partial charge on any atom is 0.253 e. The summed E-state index contributed by atoms with van der Waals surface area (Å²) < 4.78 is 6.26. The SMILES string of the molecule is Cc1nnc(NC(=O)C(C)(C)[C@H]2c3ccccc3Oc3nc(-c4ccc(C(=O)N5CCC(=O)CC5)cc4)ccc32)s1. The number of para-hydroxylation sites is 1. The summed E-state index contributed by atoms with van der Waals surface area (Å²) in [6.45, 7) is 6.58. The van der Waals surface area contributed by atoms with E-state index >= 15 is 0 Å². The van der Waals surface area contributed by atoms with Gasteiger partial charge >= 0.3 is 0 Å². The molecule has 1 atom stereocenters. The lowest BCUT2D eigenvalue weighted by Crippen LogP contribution is -2.38. The Balaban J connectivity index is 1.29. The minimum Gasteiger partial charge on any atom is -0.438 e. The van der Waals surface area contributed by atoms with Gasteiger partial charge in [0.2, 0.25) is 16.9 Å². The third-order valence-electron chi connectivity index (χ3n) is 7.73. The molecule has 0 aliphatic carbocycles. The van der Waals surface area contributed by atoms with Gasteiger partial charge in [-0.2, -0.15) is 0 Å². The fourth-order valence-electron chi connectivity index (χ4n) is 5.44. The van der Waals surface area contributed by atoms with Gasteiger partial charge in [0.25, 0.3) is 5.91 Å². The summed E-state index contributed by atoms with van der Waals surface area (Å²) in [5, 5.41) is 12.2. The van der Waals surface area contributed by atoms with Gasteiger partial charge in [-0.05, 0) is 31.2 Å². The molecule has 4 aromatic rings. The molecule has 1 saturated heterocycles. The predicted molar refractivity (Wildman–Crippen MR) is 155 cm³/mol. The largest absolute Gasteiger partial charge is 0.438 e. The normalized spacial score (nSPS) is 16.4. The van der Waals surface area contributed by atoms with E-state index < -0.39 is 5.41 Å². The molecule has 1 N–H and O–H groups in total. The molecule has 0 bridgehead atoms. The fraction of sp³-hybridized carbons (Fsp3) is 0.290. The van der Waals surface area contributed by atoms with Crippen LogP contribution in [0.2, 0.25) is 0 Å². The monoisotopic (exact) mass is 567 g/mol. The molecular formula is C31H29N5O4S. The van der Waals surface area contributed by atoms with Gasteiger partial charge < -0.3 is 15.0 Å². The number of anilines is 1. The first-order valence-corrected chi connectivity index (χ1v) is 14.3. The van der Waals surface area contributed by atoms with Crippen molar-refractivity contribution >= 4 is 34.1 Å². The lowest BCUT2D eigenvalue weighted by molar-refractivity contribution is -0.124. The molecule has 0 unspecified atom stereocenters. The Kier molecular flexibility index (Phi) is 6.86. The Morgan fingerprint density at radius 1 is 0.976 bits per heavy atom. The van der Waals surface area contributed by atoms with Gasteiger partial charge in [-0.3, -0.25) is 14.4 Å². The van der Waals surface area contributed by atoms with E-state index in [4.69, 9.17) is 9.72 Å². The number of aromatic nitrogens is 3. The minimum atomic E-state index is -0.877. The number of Topliss-reactive ketones (excluding diaryl/α,β-unsaturated/α-hetero) is 1. The molecule has 4 heterocycles. The molecule has 2 aliphatic heterocycles. The first kappa shape index (κ1) is 26.8. The zero-order valence-corrected chi connectivity index (χ0v) is 23.8. The topological polar surface area (TPSA) is 114 Å². The van der Waals surface area contributed by atoms with Crippen LogP contribution in [0.5, 0.6) is 11.6 Å². The van der Waals surface area contributed by atoms with Crippen molar-refractivity contribution in [1.82, 2.24) is 20.1 Å². The Morgan fingerprint density at radius 3 is 2.41 bits per heavy atom. The first-order valence-electron chi connectivity index (χ1n) is 13.5. The molecule has 2 aliphatic rings. The van der Waals surface area contributed by atoms with E-state index in [-0.39, 0.29) is 23.5 Å². The van der Waals surface area contributed by atoms with E-state index in [1.165, 1.54) is 11.3 Å². The summed E-state index contributed by atoms with van der Waals surface area (Å²) in [5.74, 6) is 0.721. The second kappa shape index (κ2) is 10.5. The average molecular weight is 568 g/mol. The summed E-state index contributed by atoms with van der Waals surface area (Å²) in [7, 11) is 0. The van der Waals surface area contributed by atoms with Crippen LogP contribution in [0.3, 0.4) is 0 Å². The van der Waals surface area contributed by atoms with E-state index in [0.29, 0.717) is 53.9 Å². The number of ketones is 1. The van der Waals surface area contributed by atoms with Gasteiger partial charge in [0.1, 0.15) is 16.5 Å². The van der Waals surface area contributed by atoms with Crippen molar-refractivity contribution in [3.05, 3.63) is 82.4 Å². The number of hydrogen-bond donors (Lipinski definition) is 1. The molecule has 0 radical (unpaired) electrons. The van der Waals surface area contributed by atoms with Crippen molar-refractivity contribution in [1.29, 1.82) is 0 Å². The van der Waals surface area contributed by atoms with Crippen molar-refractivity contribution in [2.24, 2.45) is 5.41 Å². The number of carbonyl (C=O) groups is 3. The third-order valence-corrected chi connectivity index (χ3v) is 8.48. The minimum absolute atomic E-state index is 0.0746. The molecule has 6 rings (SSSR count). The highest BCUT2D eigenvalue weighted by Crippen LogP contribution is 2.52. The number of likely N-dealkylation sites (tertiary alicyclic amines) is 1. The fourth-order valence-corrected chi connectivity index (χ4v) is 6.02. The number of carbonyl (C=O) groups excluding carboxylic acids is 3. The van der Waals surface area contributed by atoms with Gasteiger partial charge in [-0.15, -0.1) is 10.2 Å². The maximum absolute atomic E-state index is 13.6. The molecule has 1 fully saturated rings. The Bertz CT molecular complexity index is 1650. The quantitative estimate of drug-likeness (QED) is 0.333. The molecule has 2 aromatic carbocycles. The standard InChI is InChI=1S/C31H29N5O4S/c1-18-34-35-30(41-18)33-29(39)31(2,3)26-22-6-4-5-7-25(22)40-27-23(26)12-13-24(32-27)19-8-10-20(11-9-19)28(38)36-16-14-21(37)15-17-36/h4-13,26H,14-17H2,1-3H3,(H,33,35,39)/t26-/m0/s1. The summed E-state index contributed by atoms with van der Waals surface area (Å²) in [6, 6.07) is 18.9. The summed E-state index contributed by atoms with van der Waals surface area (Å²) in [5.41, 5.74) is 2.94. The lowest BCUT2D eigenvalue weighted by Gasteiger charge is -2.37. The van der Waals surface area contributed by atoms with Crippen molar-refractivity contribution in [2.75, 3.05) is 18.4 Å².